The molecule has 1 N–H and O–H groups in total. The number of benzene rings is 1. The molecule has 1 aromatic carbocycles. The summed E-state index contributed by atoms with van der Waals surface area (Å²) in [6.07, 6.45) is 0.938. The lowest BCUT2D eigenvalue weighted by atomic mass is 10.2. The van der Waals surface area contributed by atoms with Gasteiger partial charge in [-0.3, -0.25) is 14.4 Å². The van der Waals surface area contributed by atoms with Crippen molar-refractivity contribution >= 4 is 39.9 Å². The molecule has 0 spiro atoms. The summed E-state index contributed by atoms with van der Waals surface area (Å²) in [4.78, 5) is 38.1. The topological polar surface area (TPSA) is 82.1 Å². The third kappa shape index (κ3) is 5.16. The van der Waals surface area contributed by atoms with Gasteiger partial charge in [-0.2, -0.15) is 5.10 Å². The Morgan fingerprint density at radius 1 is 1.21 bits per heavy atom. The molecule has 0 radical (unpaired) electrons. The highest BCUT2D eigenvalue weighted by Gasteiger charge is 2.20. The van der Waals surface area contributed by atoms with Crippen LogP contribution < -0.4 is 5.43 Å². The van der Waals surface area contributed by atoms with Crippen LogP contribution in [0.15, 0.2) is 33.8 Å². The molecule has 128 valence electrons. The second-order valence-electron chi connectivity index (χ2n) is 5.49. The summed E-state index contributed by atoms with van der Waals surface area (Å²) in [5.74, 6) is -0.381. The minimum absolute atomic E-state index is 0.0558. The summed E-state index contributed by atoms with van der Waals surface area (Å²) in [6, 6.07) is 6.91. The zero-order valence-corrected chi connectivity index (χ0v) is 15.0. The first kappa shape index (κ1) is 18.1. The molecule has 0 saturated carbocycles. The first-order valence-corrected chi connectivity index (χ1v) is 8.35. The van der Waals surface area contributed by atoms with Crippen molar-refractivity contribution in [3.63, 3.8) is 0 Å². The number of hydrogen-bond acceptors (Lipinski definition) is 4. The van der Waals surface area contributed by atoms with Crippen molar-refractivity contribution in [2.24, 2.45) is 5.10 Å². The highest BCUT2D eigenvalue weighted by Crippen LogP contribution is 2.10. The summed E-state index contributed by atoms with van der Waals surface area (Å²) < 4.78 is 0.888. The number of nitrogens with zero attached hydrogens (tertiary/aromatic N) is 3. The summed E-state index contributed by atoms with van der Waals surface area (Å²) in [7, 11) is 0. The molecule has 24 heavy (non-hydrogen) atoms. The van der Waals surface area contributed by atoms with Gasteiger partial charge >= 0.3 is 0 Å². The molecule has 0 unspecified atom stereocenters. The smallest absolute Gasteiger partial charge is 0.271 e. The number of rotatable bonds is 5. The van der Waals surface area contributed by atoms with Crippen molar-refractivity contribution in [1.82, 2.24) is 15.2 Å². The molecule has 1 saturated heterocycles. The summed E-state index contributed by atoms with van der Waals surface area (Å²) >= 11 is 3.31. The largest absolute Gasteiger partial charge is 0.342 e. The number of hydrogen-bond donors (Lipinski definition) is 1. The summed E-state index contributed by atoms with van der Waals surface area (Å²) in [5.41, 5.74) is 3.47. The van der Waals surface area contributed by atoms with Crippen LogP contribution >= 0.6 is 15.9 Å². The molecule has 1 fully saturated rings. The number of amides is 3. The third-order valence-corrected chi connectivity index (χ3v) is 4.21. The predicted octanol–water partition coefficient (Wildman–Crippen LogP) is 1.25. The van der Waals surface area contributed by atoms with Crippen LogP contribution in [0.2, 0.25) is 0 Å². The van der Waals surface area contributed by atoms with Crippen LogP contribution in [0.5, 0.6) is 0 Å². The van der Waals surface area contributed by atoms with E-state index in [1.165, 1.54) is 0 Å². The van der Waals surface area contributed by atoms with Gasteiger partial charge in [-0.15, -0.1) is 0 Å². The number of halogens is 1. The van der Waals surface area contributed by atoms with E-state index in [0.29, 0.717) is 37.5 Å². The third-order valence-electron chi connectivity index (χ3n) is 3.68. The van der Waals surface area contributed by atoms with Gasteiger partial charge in [-0.05, 0) is 31.2 Å². The van der Waals surface area contributed by atoms with E-state index in [4.69, 9.17) is 0 Å². The second kappa shape index (κ2) is 8.58. The van der Waals surface area contributed by atoms with E-state index in [1.54, 1.807) is 41.0 Å². The van der Waals surface area contributed by atoms with Crippen LogP contribution in [0.4, 0.5) is 0 Å². The zero-order valence-electron chi connectivity index (χ0n) is 13.4. The Hall–Kier alpha value is -2.22. The fourth-order valence-electron chi connectivity index (χ4n) is 2.26. The van der Waals surface area contributed by atoms with Gasteiger partial charge in [0.05, 0.1) is 6.42 Å². The molecule has 1 aliphatic rings. The van der Waals surface area contributed by atoms with Crippen molar-refractivity contribution in [2.75, 3.05) is 26.2 Å². The Labute approximate surface area is 148 Å². The molecule has 3 amide bonds. The maximum Gasteiger partial charge on any atom is 0.271 e. The lowest BCUT2D eigenvalue weighted by molar-refractivity contribution is -0.134. The first-order valence-electron chi connectivity index (χ1n) is 7.56. The minimum atomic E-state index is -0.325. The fourth-order valence-corrected chi connectivity index (χ4v) is 2.52. The normalized spacial score (nSPS) is 15.2. The number of hydrazone groups is 1. The Morgan fingerprint density at radius 3 is 2.42 bits per heavy atom. The second-order valence-corrected chi connectivity index (χ2v) is 6.41. The van der Waals surface area contributed by atoms with Crippen molar-refractivity contribution in [3.8, 4) is 0 Å². The average Bonchev–Trinajstić information content (AvgIpc) is 2.60. The molecule has 1 heterocycles. The molecule has 8 heteroatoms. The van der Waals surface area contributed by atoms with Gasteiger partial charge in [0.25, 0.3) is 5.91 Å². The van der Waals surface area contributed by atoms with E-state index >= 15 is 0 Å². The van der Waals surface area contributed by atoms with E-state index in [2.05, 4.69) is 26.5 Å². The molecule has 0 aromatic heterocycles. The summed E-state index contributed by atoms with van der Waals surface area (Å²) in [5, 5.41) is 3.98. The molecule has 2 rings (SSSR count). The van der Waals surface area contributed by atoms with Crippen LogP contribution in [0.25, 0.3) is 0 Å². The Kier molecular flexibility index (Phi) is 6.48. The Morgan fingerprint density at radius 2 is 1.83 bits per heavy atom. The number of carbonyl (C=O) groups is 3. The highest BCUT2D eigenvalue weighted by molar-refractivity contribution is 9.10. The van der Waals surface area contributed by atoms with E-state index in [-0.39, 0.29) is 18.2 Å². The van der Waals surface area contributed by atoms with E-state index in [1.807, 2.05) is 0 Å². The lowest BCUT2D eigenvalue weighted by Crippen LogP contribution is -2.48. The van der Waals surface area contributed by atoms with Gasteiger partial charge in [0.2, 0.25) is 12.3 Å². The van der Waals surface area contributed by atoms with Crippen LogP contribution in [-0.2, 0) is 9.59 Å². The Bertz CT molecular complexity index is 637. The fraction of sp³-hybridized carbons (Fsp3) is 0.375. The molecule has 7 nitrogen and oxygen atoms in total. The highest BCUT2D eigenvalue weighted by atomic mass is 79.9. The number of nitrogens with one attached hydrogen (secondary N) is 1. The monoisotopic (exact) mass is 394 g/mol. The maximum atomic E-state index is 12.2. The molecule has 0 aliphatic carbocycles. The van der Waals surface area contributed by atoms with Crippen LogP contribution in [0, 0.1) is 0 Å². The zero-order chi connectivity index (χ0) is 17.5. The van der Waals surface area contributed by atoms with Gasteiger partial charge in [0.1, 0.15) is 0 Å². The van der Waals surface area contributed by atoms with Gasteiger partial charge in [0.15, 0.2) is 0 Å². The molecule has 1 aromatic rings. The van der Waals surface area contributed by atoms with Crippen molar-refractivity contribution in [1.29, 1.82) is 0 Å². The van der Waals surface area contributed by atoms with E-state index in [0.717, 1.165) is 10.9 Å². The number of carbonyl (C=O) groups excluding carboxylic acids is 3. The van der Waals surface area contributed by atoms with E-state index < -0.39 is 0 Å². The van der Waals surface area contributed by atoms with Gasteiger partial charge in [-0.25, -0.2) is 5.43 Å². The Balaban J connectivity index is 1.83. The predicted molar refractivity (Wildman–Crippen MR) is 93.6 cm³/mol. The van der Waals surface area contributed by atoms with Crippen LogP contribution in [0.3, 0.4) is 0 Å². The van der Waals surface area contributed by atoms with Crippen molar-refractivity contribution < 1.29 is 14.4 Å². The van der Waals surface area contributed by atoms with E-state index in [9.17, 15) is 14.4 Å². The van der Waals surface area contributed by atoms with Crippen LogP contribution in [0.1, 0.15) is 23.7 Å². The molecule has 0 atom stereocenters. The molecule has 0 bridgehead atoms. The maximum absolute atomic E-state index is 12.2. The van der Waals surface area contributed by atoms with Crippen LogP contribution in [-0.4, -0.2) is 59.9 Å². The molecular formula is C16H19BrN4O3. The van der Waals surface area contributed by atoms with Gasteiger partial charge in [-0.1, -0.05) is 15.9 Å². The van der Waals surface area contributed by atoms with Crippen molar-refractivity contribution in [3.05, 3.63) is 34.3 Å². The SMILES string of the molecule is C/C(CC(=O)N1CCN(C=O)CC1)=N/NC(=O)c1ccc(Br)cc1. The average molecular weight is 395 g/mol. The van der Waals surface area contributed by atoms with Crippen molar-refractivity contribution in [2.45, 2.75) is 13.3 Å². The van der Waals surface area contributed by atoms with Gasteiger partial charge in [0, 0.05) is 41.9 Å². The quantitative estimate of drug-likeness (QED) is 0.463. The standard InChI is InChI=1S/C16H19BrN4O3/c1-12(10-15(23)21-8-6-20(11-22)7-9-21)18-19-16(24)13-2-4-14(17)5-3-13/h2-5,11H,6-10H2,1H3,(H,19,24)/b18-12-. The number of piperazine rings is 1. The summed E-state index contributed by atoms with van der Waals surface area (Å²) in [6.45, 7) is 3.84. The van der Waals surface area contributed by atoms with Gasteiger partial charge < -0.3 is 9.80 Å². The minimum Gasteiger partial charge on any atom is -0.342 e. The lowest BCUT2D eigenvalue weighted by Gasteiger charge is -2.32. The first-order chi connectivity index (χ1) is 11.5. The molecular weight excluding hydrogens is 376 g/mol. The molecule has 1 aliphatic heterocycles.